The zero-order chi connectivity index (χ0) is 18.4. The SMILES string of the molecule is CCNC(=NCC(C)(C)C(=O)NC)N(C)Cc1cc2ccccc2o1. The number of carbonyl (C=O) groups excluding carboxylic acids is 1. The van der Waals surface area contributed by atoms with Gasteiger partial charge in [0.25, 0.3) is 0 Å². The van der Waals surface area contributed by atoms with Gasteiger partial charge in [0.1, 0.15) is 11.3 Å². The first-order chi connectivity index (χ1) is 11.9. The van der Waals surface area contributed by atoms with Gasteiger partial charge < -0.3 is 20.0 Å². The number of fused-ring (bicyclic) bond motifs is 1. The molecule has 1 amide bonds. The van der Waals surface area contributed by atoms with Crippen molar-refractivity contribution in [2.45, 2.75) is 27.3 Å². The van der Waals surface area contributed by atoms with Gasteiger partial charge in [-0.1, -0.05) is 18.2 Å². The first-order valence-corrected chi connectivity index (χ1v) is 8.56. The van der Waals surface area contributed by atoms with Crippen LogP contribution in [0.25, 0.3) is 11.0 Å². The number of benzene rings is 1. The molecule has 0 fully saturated rings. The highest BCUT2D eigenvalue weighted by molar-refractivity contribution is 5.83. The molecule has 1 aromatic heterocycles. The predicted octanol–water partition coefficient (Wildman–Crippen LogP) is 2.60. The Kier molecular flexibility index (Phi) is 6.07. The molecule has 6 nitrogen and oxygen atoms in total. The van der Waals surface area contributed by atoms with Gasteiger partial charge >= 0.3 is 0 Å². The Morgan fingerprint density at radius 1 is 1.32 bits per heavy atom. The van der Waals surface area contributed by atoms with Crippen LogP contribution >= 0.6 is 0 Å². The van der Waals surface area contributed by atoms with Gasteiger partial charge in [0.15, 0.2) is 5.96 Å². The van der Waals surface area contributed by atoms with Crippen molar-refractivity contribution in [3.05, 3.63) is 36.1 Å². The number of carbonyl (C=O) groups is 1. The molecule has 0 unspecified atom stereocenters. The van der Waals surface area contributed by atoms with Crippen LogP contribution in [-0.4, -0.2) is 44.0 Å². The summed E-state index contributed by atoms with van der Waals surface area (Å²) in [5.41, 5.74) is 0.323. The van der Waals surface area contributed by atoms with Crippen molar-refractivity contribution in [3.8, 4) is 0 Å². The number of aliphatic imine (C=N–C) groups is 1. The van der Waals surface area contributed by atoms with E-state index in [1.807, 2.05) is 63.1 Å². The molecule has 1 heterocycles. The van der Waals surface area contributed by atoms with Crippen molar-refractivity contribution in [1.29, 1.82) is 0 Å². The zero-order valence-corrected chi connectivity index (χ0v) is 15.7. The lowest BCUT2D eigenvalue weighted by Gasteiger charge is -2.24. The average molecular weight is 344 g/mol. The number of nitrogens with one attached hydrogen (secondary N) is 2. The van der Waals surface area contributed by atoms with Crippen molar-refractivity contribution in [2.24, 2.45) is 10.4 Å². The van der Waals surface area contributed by atoms with E-state index in [1.54, 1.807) is 7.05 Å². The minimum Gasteiger partial charge on any atom is -0.459 e. The van der Waals surface area contributed by atoms with Crippen LogP contribution in [0.3, 0.4) is 0 Å². The number of nitrogens with zero attached hydrogens (tertiary/aromatic N) is 2. The maximum Gasteiger partial charge on any atom is 0.227 e. The lowest BCUT2D eigenvalue weighted by Crippen LogP contribution is -2.41. The Morgan fingerprint density at radius 2 is 2.04 bits per heavy atom. The van der Waals surface area contributed by atoms with Crippen LogP contribution in [0.1, 0.15) is 26.5 Å². The lowest BCUT2D eigenvalue weighted by atomic mass is 9.93. The lowest BCUT2D eigenvalue weighted by molar-refractivity contribution is -0.128. The van der Waals surface area contributed by atoms with Crippen LogP contribution in [0, 0.1) is 5.41 Å². The van der Waals surface area contributed by atoms with E-state index in [4.69, 9.17) is 4.42 Å². The highest BCUT2D eigenvalue weighted by atomic mass is 16.3. The summed E-state index contributed by atoms with van der Waals surface area (Å²) in [6.07, 6.45) is 0. The third-order valence-electron chi connectivity index (χ3n) is 4.03. The summed E-state index contributed by atoms with van der Waals surface area (Å²) in [6.45, 7) is 7.55. The molecule has 6 heteroatoms. The van der Waals surface area contributed by atoms with Crippen LogP contribution in [0.15, 0.2) is 39.7 Å². The van der Waals surface area contributed by atoms with Gasteiger partial charge in [-0.15, -0.1) is 0 Å². The van der Waals surface area contributed by atoms with Crippen molar-refractivity contribution in [3.63, 3.8) is 0 Å². The molecule has 0 radical (unpaired) electrons. The third kappa shape index (κ3) is 4.75. The number of hydrogen-bond donors (Lipinski definition) is 2. The summed E-state index contributed by atoms with van der Waals surface area (Å²) in [6, 6.07) is 10.0. The van der Waals surface area contributed by atoms with Crippen molar-refractivity contribution in [1.82, 2.24) is 15.5 Å². The van der Waals surface area contributed by atoms with E-state index >= 15 is 0 Å². The Hall–Kier alpha value is -2.50. The fourth-order valence-electron chi connectivity index (χ4n) is 2.58. The van der Waals surface area contributed by atoms with Crippen molar-refractivity contribution in [2.75, 3.05) is 27.2 Å². The monoisotopic (exact) mass is 344 g/mol. The molecule has 0 saturated carbocycles. The number of para-hydroxylation sites is 1. The quantitative estimate of drug-likeness (QED) is 0.624. The smallest absolute Gasteiger partial charge is 0.227 e. The number of furan rings is 1. The minimum atomic E-state index is -0.560. The van der Waals surface area contributed by atoms with Crippen LogP contribution < -0.4 is 10.6 Å². The van der Waals surface area contributed by atoms with Gasteiger partial charge in [-0.05, 0) is 32.9 Å². The van der Waals surface area contributed by atoms with Crippen molar-refractivity contribution >= 4 is 22.8 Å². The summed E-state index contributed by atoms with van der Waals surface area (Å²) in [5.74, 6) is 1.60. The van der Waals surface area contributed by atoms with E-state index in [9.17, 15) is 4.79 Å². The highest BCUT2D eigenvalue weighted by Crippen LogP contribution is 2.20. The Balaban J connectivity index is 2.12. The Bertz CT molecular complexity index is 716. The number of amides is 1. The molecule has 0 spiro atoms. The predicted molar refractivity (Wildman–Crippen MR) is 102 cm³/mol. The largest absolute Gasteiger partial charge is 0.459 e. The second-order valence-electron chi connectivity index (χ2n) is 6.74. The van der Waals surface area contributed by atoms with Crippen LogP contribution in [0.5, 0.6) is 0 Å². The molecular formula is C19H28N4O2. The molecular weight excluding hydrogens is 316 g/mol. The van der Waals surface area contributed by atoms with Gasteiger partial charge in [-0.25, -0.2) is 0 Å². The fourth-order valence-corrected chi connectivity index (χ4v) is 2.58. The molecule has 0 aliphatic heterocycles. The standard InChI is InChI=1S/C19H28N4O2/c1-6-21-18(22-13-19(2,3)17(24)20-4)23(5)12-15-11-14-9-7-8-10-16(14)25-15/h7-11H,6,12-13H2,1-5H3,(H,20,24)(H,21,22). The van der Waals surface area contributed by atoms with Crippen molar-refractivity contribution < 1.29 is 9.21 Å². The first-order valence-electron chi connectivity index (χ1n) is 8.56. The van der Waals surface area contributed by atoms with E-state index in [0.29, 0.717) is 13.1 Å². The topological polar surface area (TPSA) is 69.9 Å². The third-order valence-corrected chi connectivity index (χ3v) is 4.03. The van der Waals surface area contributed by atoms with Gasteiger partial charge in [-0.3, -0.25) is 9.79 Å². The second-order valence-corrected chi connectivity index (χ2v) is 6.74. The van der Waals surface area contributed by atoms with E-state index in [-0.39, 0.29) is 5.91 Å². The molecule has 25 heavy (non-hydrogen) atoms. The van der Waals surface area contributed by atoms with Crippen LogP contribution in [0.4, 0.5) is 0 Å². The van der Waals surface area contributed by atoms with E-state index in [0.717, 1.165) is 29.2 Å². The molecule has 136 valence electrons. The number of hydrogen-bond acceptors (Lipinski definition) is 3. The van der Waals surface area contributed by atoms with Gasteiger partial charge in [0.05, 0.1) is 18.5 Å². The summed E-state index contributed by atoms with van der Waals surface area (Å²) in [5, 5.41) is 7.05. The summed E-state index contributed by atoms with van der Waals surface area (Å²) in [7, 11) is 3.61. The molecule has 0 aliphatic carbocycles. The van der Waals surface area contributed by atoms with Crippen LogP contribution in [0.2, 0.25) is 0 Å². The normalized spacial score (nSPS) is 12.3. The second kappa shape index (κ2) is 8.05. The molecule has 2 N–H and O–H groups in total. The molecule has 2 rings (SSSR count). The average Bonchev–Trinajstić information content (AvgIpc) is 2.99. The fraction of sp³-hybridized carbons (Fsp3) is 0.474. The van der Waals surface area contributed by atoms with Gasteiger partial charge in [-0.2, -0.15) is 0 Å². The van der Waals surface area contributed by atoms with Gasteiger partial charge in [0, 0.05) is 26.0 Å². The first kappa shape index (κ1) is 18.8. The summed E-state index contributed by atoms with van der Waals surface area (Å²) >= 11 is 0. The summed E-state index contributed by atoms with van der Waals surface area (Å²) in [4.78, 5) is 18.6. The van der Waals surface area contributed by atoms with Crippen LogP contribution in [-0.2, 0) is 11.3 Å². The molecule has 0 atom stereocenters. The molecule has 0 bridgehead atoms. The Morgan fingerprint density at radius 3 is 2.68 bits per heavy atom. The molecule has 0 saturated heterocycles. The molecule has 0 aliphatic rings. The minimum absolute atomic E-state index is 0.0213. The maximum atomic E-state index is 11.9. The highest BCUT2D eigenvalue weighted by Gasteiger charge is 2.26. The number of guanidine groups is 1. The zero-order valence-electron chi connectivity index (χ0n) is 15.7. The van der Waals surface area contributed by atoms with E-state index in [2.05, 4.69) is 15.6 Å². The number of rotatable bonds is 6. The van der Waals surface area contributed by atoms with E-state index in [1.165, 1.54) is 0 Å². The van der Waals surface area contributed by atoms with E-state index < -0.39 is 5.41 Å². The molecule has 1 aromatic carbocycles. The maximum absolute atomic E-state index is 11.9. The molecule has 2 aromatic rings. The Labute approximate surface area is 149 Å². The van der Waals surface area contributed by atoms with Gasteiger partial charge in [0.2, 0.25) is 5.91 Å². The summed E-state index contributed by atoms with van der Waals surface area (Å²) < 4.78 is 5.88.